The molecular formula is C17H19BrN2O5S. The van der Waals surface area contributed by atoms with Gasteiger partial charge in [-0.1, -0.05) is 6.07 Å². The van der Waals surface area contributed by atoms with Crippen LogP contribution in [-0.4, -0.2) is 33.5 Å². The molecule has 2 N–H and O–H groups in total. The molecule has 0 saturated carbocycles. The first-order valence-corrected chi connectivity index (χ1v) is 9.91. The van der Waals surface area contributed by atoms with Gasteiger partial charge in [-0.15, -0.1) is 0 Å². The molecule has 0 aliphatic heterocycles. The number of benzene rings is 2. The van der Waals surface area contributed by atoms with E-state index >= 15 is 0 Å². The number of nitrogens with one attached hydrogen (secondary N) is 1. The molecule has 0 aliphatic carbocycles. The van der Waals surface area contributed by atoms with Crippen LogP contribution < -0.4 is 14.3 Å². The van der Waals surface area contributed by atoms with Gasteiger partial charge >= 0.3 is 0 Å². The highest BCUT2D eigenvalue weighted by atomic mass is 79.9. The van der Waals surface area contributed by atoms with Crippen LogP contribution in [0.25, 0.3) is 0 Å². The zero-order valence-corrected chi connectivity index (χ0v) is 16.9. The summed E-state index contributed by atoms with van der Waals surface area (Å²) in [6, 6.07) is 7.97. The number of aromatic hydroxyl groups is 1. The number of aryl methyl sites for hydroxylation is 1. The minimum absolute atomic E-state index is 0.000887. The maximum absolute atomic E-state index is 12.5. The molecule has 9 heteroatoms. The first kappa shape index (κ1) is 20.1. The number of ether oxygens (including phenoxy) is 2. The van der Waals surface area contributed by atoms with Crippen LogP contribution in [-0.2, 0) is 10.0 Å². The summed E-state index contributed by atoms with van der Waals surface area (Å²) in [5.74, 6) is 0.463. The third-order valence-electron chi connectivity index (χ3n) is 3.35. The van der Waals surface area contributed by atoms with Crippen LogP contribution in [0.2, 0.25) is 0 Å². The minimum atomic E-state index is -3.90. The number of hydrazone groups is 1. The van der Waals surface area contributed by atoms with Crippen LogP contribution in [0.4, 0.5) is 0 Å². The number of hydrogen-bond donors (Lipinski definition) is 2. The van der Waals surface area contributed by atoms with Gasteiger partial charge in [0.25, 0.3) is 10.0 Å². The lowest BCUT2D eigenvalue weighted by atomic mass is 10.2. The summed E-state index contributed by atoms with van der Waals surface area (Å²) in [4.78, 5) is 2.15. The molecule has 0 fully saturated rings. The smallest absolute Gasteiger partial charge is 0.280 e. The summed E-state index contributed by atoms with van der Waals surface area (Å²) in [5, 5.41) is 13.7. The van der Waals surface area contributed by atoms with Crippen LogP contribution >= 0.6 is 15.9 Å². The highest BCUT2D eigenvalue weighted by Crippen LogP contribution is 2.35. The van der Waals surface area contributed by atoms with Crippen LogP contribution in [0.5, 0.6) is 17.2 Å². The Bertz CT molecular complexity index is 929. The monoisotopic (exact) mass is 442 g/mol. The Morgan fingerprint density at radius 3 is 2.65 bits per heavy atom. The van der Waals surface area contributed by atoms with E-state index < -0.39 is 10.0 Å². The number of phenolic OH excluding ortho intramolecular Hbond substituents is 1. The van der Waals surface area contributed by atoms with E-state index in [0.717, 1.165) is 5.56 Å². The van der Waals surface area contributed by atoms with E-state index in [1.54, 1.807) is 38.1 Å². The van der Waals surface area contributed by atoms with Gasteiger partial charge in [-0.05, 0) is 65.2 Å². The molecular weight excluding hydrogens is 424 g/mol. The highest BCUT2D eigenvalue weighted by Gasteiger charge is 2.19. The van der Waals surface area contributed by atoms with Gasteiger partial charge in [0.1, 0.15) is 10.6 Å². The van der Waals surface area contributed by atoms with E-state index in [9.17, 15) is 13.5 Å². The molecule has 0 spiro atoms. The van der Waals surface area contributed by atoms with E-state index in [2.05, 4.69) is 25.9 Å². The van der Waals surface area contributed by atoms with Gasteiger partial charge in [0.05, 0.1) is 24.4 Å². The van der Waals surface area contributed by atoms with E-state index in [1.807, 2.05) is 0 Å². The fourth-order valence-corrected chi connectivity index (χ4v) is 3.65. The molecule has 140 valence electrons. The second-order valence-corrected chi connectivity index (χ2v) is 7.77. The molecule has 0 aromatic heterocycles. The molecule has 2 rings (SSSR count). The Hall–Kier alpha value is -2.26. The van der Waals surface area contributed by atoms with Crippen molar-refractivity contribution in [1.82, 2.24) is 4.83 Å². The maximum atomic E-state index is 12.5. The van der Waals surface area contributed by atoms with Crippen molar-refractivity contribution in [2.24, 2.45) is 5.10 Å². The number of nitrogens with zero attached hydrogens (tertiary/aromatic N) is 1. The standard InChI is InChI=1S/C17H19BrN2O5S/c1-4-25-15-9-12(8-13(18)17(15)21)10-19-20-26(22,23)16-7-11(2)5-6-14(16)24-3/h5-10,20-21H,4H2,1-3H3/b19-10+. The molecule has 0 atom stereocenters. The number of methoxy groups -OCH3 is 1. The molecule has 2 aromatic rings. The van der Waals surface area contributed by atoms with Crippen molar-refractivity contribution in [2.45, 2.75) is 18.7 Å². The third-order valence-corrected chi connectivity index (χ3v) is 5.19. The lowest BCUT2D eigenvalue weighted by Gasteiger charge is -2.10. The first-order chi connectivity index (χ1) is 12.3. The van der Waals surface area contributed by atoms with Crippen molar-refractivity contribution in [3.63, 3.8) is 0 Å². The predicted octanol–water partition coefficient (Wildman–Crippen LogP) is 3.18. The Kier molecular flexibility index (Phi) is 6.49. The number of sulfonamides is 1. The zero-order chi connectivity index (χ0) is 19.3. The van der Waals surface area contributed by atoms with Crippen LogP contribution in [0.1, 0.15) is 18.1 Å². The van der Waals surface area contributed by atoms with Gasteiger partial charge in [0.2, 0.25) is 0 Å². The molecule has 0 amide bonds. The number of rotatable bonds is 7. The van der Waals surface area contributed by atoms with Crippen molar-refractivity contribution < 1.29 is 23.0 Å². The summed E-state index contributed by atoms with van der Waals surface area (Å²) < 4.78 is 35.8. The van der Waals surface area contributed by atoms with Crippen LogP contribution in [0.3, 0.4) is 0 Å². The average molecular weight is 443 g/mol. The molecule has 7 nitrogen and oxygen atoms in total. The summed E-state index contributed by atoms with van der Waals surface area (Å²) >= 11 is 3.22. The average Bonchev–Trinajstić information content (AvgIpc) is 2.59. The van der Waals surface area contributed by atoms with E-state index in [0.29, 0.717) is 16.6 Å². The second-order valence-electron chi connectivity index (χ2n) is 5.29. The van der Waals surface area contributed by atoms with E-state index in [1.165, 1.54) is 19.4 Å². The Balaban J connectivity index is 2.26. The number of hydrogen-bond acceptors (Lipinski definition) is 6. The molecule has 0 saturated heterocycles. The van der Waals surface area contributed by atoms with Crippen LogP contribution in [0, 0.1) is 6.92 Å². The minimum Gasteiger partial charge on any atom is -0.503 e. The number of phenols is 1. The van der Waals surface area contributed by atoms with Gasteiger partial charge in [-0.2, -0.15) is 18.4 Å². The predicted molar refractivity (Wildman–Crippen MR) is 103 cm³/mol. The second kappa shape index (κ2) is 8.41. The van der Waals surface area contributed by atoms with Crippen molar-refractivity contribution in [3.8, 4) is 17.2 Å². The molecule has 2 aromatic carbocycles. The Labute approximate surface area is 160 Å². The number of halogens is 1. The van der Waals surface area contributed by atoms with Crippen LogP contribution in [0.15, 0.2) is 44.8 Å². The van der Waals surface area contributed by atoms with Crippen molar-refractivity contribution in [1.29, 1.82) is 0 Å². The van der Waals surface area contributed by atoms with Gasteiger partial charge in [-0.3, -0.25) is 0 Å². The summed E-state index contributed by atoms with van der Waals surface area (Å²) in [6.45, 7) is 3.95. The summed E-state index contributed by atoms with van der Waals surface area (Å²) in [7, 11) is -2.50. The maximum Gasteiger partial charge on any atom is 0.280 e. The van der Waals surface area contributed by atoms with Crippen molar-refractivity contribution in [3.05, 3.63) is 45.9 Å². The molecule has 0 bridgehead atoms. The van der Waals surface area contributed by atoms with E-state index in [-0.39, 0.29) is 22.1 Å². The molecule has 0 aliphatic rings. The Morgan fingerprint density at radius 2 is 2.00 bits per heavy atom. The van der Waals surface area contributed by atoms with E-state index in [4.69, 9.17) is 9.47 Å². The lowest BCUT2D eigenvalue weighted by molar-refractivity contribution is 0.317. The normalized spacial score (nSPS) is 11.5. The van der Waals surface area contributed by atoms with Gasteiger partial charge in [0.15, 0.2) is 11.5 Å². The molecule has 0 heterocycles. The molecule has 0 radical (unpaired) electrons. The SMILES string of the molecule is CCOc1cc(/C=N/NS(=O)(=O)c2cc(C)ccc2OC)cc(Br)c1O. The first-order valence-electron chi connectivity index (χ1n) is 7.63. The van der Waals surface area contributed by atoms with Gasteiger partial charge in [0, 0.05) is 0 Å². The van der Waals surface area contributed by atoms with Gasteiger partial charge < -0.3 is 14.6 Å². The molecule has 0 unspecified atom stereocenters. The lowest BCUT2D eigenvalue weighted by Crippen LogP contribution is -2.19. The quantitative estimate of drug-likeness (QED) is 0.506. The van der Waals surface area contributed by atoms with Gasteiger partial charge in [-0.25, -0.2) is 0 Å². The third kappa shape index (κ3) is 4.67. The molecule has 26 heavy (non-hydrogen) atoms. The fourth-order valence-electron chi connectivity index (χ4n) is 2.15. The fraction of sp³-hybridized carbons (Fsp3) is 0.235. The van der Waals surface area contributed by atoms with Crippen molar-refractivity contribution in [2.75, 3.05) is 13.7 Å². The highest BCUT2D eigenvalue weighted by molar-refractivity contribution is 9.10. The largest absolute Gasteiger partial charge is 0.503 e. The van der Waals surface area contributed by atoms with Crippen molar-refractivity contribution >= 4 is 32.2 Å². The summed E-state index contributed by atoms with van der Waals surface area (Å²) in [5.41, 5.74) is 1.32. The Morgan fingerprint density at radius 1 is 1.27 bits per heavy atom. The summed E-state index contributed by atoms with van der Waals surface area (Å²) in [6.07, 6.45) is 1.31. The topological polar surface area (TPSA) is 97.2 Å². The zero-order valence-electron chi connectivity index (χ0n) is 14.5.